The second kappa shape index (κ2) is 12.0. The van der Waals surface area contributed by atoms with E-state index < -0.39 is 0 Å². The molecule has 1 aliphatic rings. The van der Waals surface area contributed by atoms with Crippen molar-refractivity contribution in [2.45, 2.75) is 78.6 Å². The first-order valence-electron chi connectivity index (χ1n) is 9.98. The Morgan fingerprint density at radius 1 is 0.960 bits per heavy atom. The highest BCUT2D eigenvalue weighted by Gasteiger charge is 2.25. The monoisotopic (exact) mass is 352 g/mol. The normalized spacial score (nSPS) is 20.3. The summed E-state index contributed by atoms with van der Waals surface area (Å²) in [7, 11) is 0. The zero-order valence-corrected chi connectivity index (χ0v) is 16.2. The van der Waals surface area contributed by atoms with Crippen LogP contribution in [0.25, 0.3) is 0 Å². The van der Waals surface area contributed by atoms with Gasteiger partial charge in [-0.3, -0.25) is 14.4 Å². The molecule has 0 bridgehead atoms. The van der Waals surface area contributed by atoms with E-state index in [2.05, 4.69) is 24.5 Å². The average Bonchev–Trinajstić information content (AvgIpc) is 2.59. The SMILES string of the molecule is CCC(=O)C1CCC(CNC(=O)CCCC(=O)NCCC(C)C)CC1. The van der Waals surface area contributed by atoms with Crippen molar-refractivity contribution < 1.29 is 14.4 Å². The Morgan fingerprint density at radius 3 is 2.12 bits per heavy atom. The quantitative estimate of drug-likeness (QED) is 0.599. The molecular weight excluding hydrogens is 316 g/mol. The molecule has 5 nitrogen and oxygen atoms in total. The van der Waals surface area contributed by atoms with Gasteiger partial charge in [0.2, 0.25) is 11.8 Å². The van der Waals surface area contributed by atoms with Gasteiger partial charge in [0.1, 0.15) is 5.78 Å². The molecule has 0 aromatic rings. The number of carbonyl (C=O) groups is 3. The van der Waals surface area contributed by atoms with Gasteiger partial charge in [0.25, 0.3) is 0 Å². The summed E-state index contributed by atoms with van der Waals surface area (Å²) in [6.45, 7) is 7.60. The van der Waals surface area contributed by atoms with Crippen LogP contribution in [-0.2, 0) is 14.4 Å². The Kier molecular flexibility index (Phi) is 10.4. The Balaban J connectivity index is 2.06. The molecule has 0 atom stereocenters. The first-order chi connectivity index (χ1) is 11.9. The van der Waals surface area contributed by atoms with Gasteiger partial charge in [-0.25, -0.2) is 0 Å². The first-order valence-corrected chi connectivity index (χ1v) is 9.98. The number of hydrogen-bond donors (Lipinski definition) is 2. The highest BCUT2D eigenvalue weighted by Crippen LogP contribution is 2.29. The van der Waals surface area contributed by atoms with Gasteiger partial charge in [-0.2, -0.15) is 0 Å². The fourth-order valence-corrected chi connectivity index (χ4v) is 3.32. The molecule has 0 saturated heterocycles. The number of amides is 2. The lowest BCUT2D eigenvalue weighted by Crippen LogP contribution is -2.32. The van der Waals surface area contributed by atoms with Crippen LogP contribution in [0.3, 0.4) is 0 Å². The fourth-order valence-electron chi connectivity index (χ4n) is 3.32. The molecule has 25 heavy (non-hydrogen) atoms. The van der Waals surface area contributed by atoms with Crippen molar-refractivity contribution in [1.82, 2.24) is 10.6 Å². The molecule has 2 N–H and O–H groups in total. The van der Waals surface area contributed by atoms with Crippen LogP contribution in [0.15, 0.2) is 0 Å². The van der Waals surface area contributed by atoms with Crippen molar-refractivity contribution in [2.24, 2.45) is 17.8 Å². The topological polar surface area (TPSA) is 75.3 Å². The van der Waals surface area contributed by atoms with Crippen molar-refractivity contribution in [3.05, 3.63) is 0 Å². The minimum absolute atomic E-state index is 0.0294. The maximum atomic E-state index is 11.9. The molecule has 0 aromatic carbocycles. The second-order valence-corrected chi connectivity index (χ2v) is 7.73. The van der Waals surface area contributed by atoms with Crippen molar-refractivity contribution in [2.75, 3.05) is 13.1 Å². The van der Waals surface area contributed by atoms with Gasteiger partial charge in [0.05, 0.1) is 0 Å². The molecule has 1 rings (SSSR count). The Labute approximate surface area is 152 Å². The lowest BCUT2D eigenvalue weighted by Gasteiger charge is -2.27. The predicted octanol–water partition coefficient (Wildman–Crippen LogP) is 3.22. The number of nitrogens with one attached hydrogen (secondary N) is 2. The van der Waals surface area contributed by atoms with E-state index in [1.165, 1.54) is 0 Å². The van der Waals surface area contributed by atoms with Crippen LogP contribution >= 0.6 is 0 Å². The third-order valence-corrected chi connectivity index (χ3v) is 5.09. The van der Waals surface area contributed by atoms with E-state index in [0.717, 1.165) is 32.1 Å². The van der Waals surface area contributed by atoms with E-state index in [1.807, 2.05) is 6.92 Å². The zero-order valence-electron chi connectivity index (χ0n) is 16.2. The smallest absolute Gasteiger partial charge is 0.220 e. The summed E-state index contributed by atoms with van der Waals surface area (Å²) in [6, 6.07) is 0. The largest absolute Gasteiger partial charge is 0.356 e. The van der Waals surface area contributed by atoms with E-state index >= 15 is 0 Å². The van der Waals surface area contributed by atoms with Crippen LogP contribution in [-0.4, -0.2) is 30.7 Å². The number of Topliss-reactive ketones (excluding diaryl/α,β-unsaturated/α-hetero) is 1. The Bertz CT molecular complexity index is 427. The molecule has 0 heterocycles. The molecule has 0 radical (unpaired) electrons. The lowest BCUT2D eigenvalue weighted by atomic mass is 9.79. The van der Waals surface area contributed by atoms with Crippen molar-refractivity contribution in [3.8, 4) is 0 Å². The van der Waals surface area contributed by atoms with Gasteiger partial charge in [-0.05, 0) is 50.4 Å². The van der Waals surface area contributed by atoms with Gasteiger partial charge in [0, 0.05) is 38.3 Å². The van der Waals surface area contributed by atoms with Crippen LogP contribution in [0.1, 0.15) is 78.6 Å². The van der Waals surface area contributed by atoms with Crippen molar-refractivity contribution in [1.29, 1.82) is 0 Å². The molecule has 2 amide bonds. The Hall–Kier alpha value is -1.39. The zero-order chi connectivity index (χ0) is 18.7. The highest BCUT2D eigenvalue weighted by atomic mass is 16.2. The number of rotatable bonds is 11. The minimum Gasteiger partial charge on any atom is -0.356 e. The minimum atomic E-state index is 0.0294. The number of carbonyl (C=O) groups excluding carboxylic acids is 3. The maximum Gasteiger partial charge on any atom is 0.220 e. The standard InChI is InChI=1S/C20H36N2O3/c1-4-18(23)17-10-8-16(9-11-17)14-22-20(25)7-5-6-19(24)21-13-12-15(2)3/h15-17H,4-14H2,1-3H3,(H,21,24)(H,22,25). The third-order valence-electron chi connectivity index (χ3n) is 5.09. The molecular formula is C20H36N2O3. The van der Waals surface area contributed by atoms with E-state index in [-0.39, 0.29) is 17.7 Å². The molecule has 0 aliphatic heterocycles. The highest BCUT2D eigenvalue weighted by molar-refractivity contribution is 5.80. The molecule has 5 heteroatoms. The van der Waals surface area contributed by atoms with Gasteiger partial charge in [0.15, 0.2) is 0 Å². The fraction of sp³-hybridized carbons (Fsp3) is 0.850. The lowest BCUT2D eigenvalue weighted by molar-refractivity contribution is -0.125. The van der Waals surface area contributed by atoms with Crippen molar-refractivity contribution >= 4 is 17.6 Å². The van der Waals surface area contributed by atoms with Crippen LogP contribution in [0.2, 0.25) is 0 Å². The molecule has 144 valence electrons. The molecule has 1 aliphatic carbocycles. The van der Waals surface area contributed by atoms with Gasteiger partial charge >= 0.3 is 0 Å². The molecule has 1 fully saturated rings. The van der Waals surface area contributed by atoms with Crippen molar-refractivity contribution in [3.63, 3.8) is 0 Å². The van der Waals surface area contributed by atoms with Crippen LogP contribution in [0, 0.1) is 17.8 Å². The van der Waals surface area contributed by atoms with Crippen LogP contribution in [0.5, 0.6) is 0 Å². The third kappa shape index (κ3) is 9.61. The maximum absolute atomic E-state index is 11.9. The summed E-state index contributed by atoms with van der Waals surface area (Å²) in [5.74, 6) is 1.76. The predicted molar refractivity (Wildman–Crippen MR) is 100 cm³/mol. The molecule has 0 spiro atoms. The number of hydrogen-bond acceptors (Lipinski definition) is 3. The molecule has 1 saturated carbocycles. The van der Waals surface area contributed by atoms with Gasteiger partial charge < -0.3 is 10.6 Å². The molecule has 0 aromatic heterocycles. The summed E-state index contributed by atoms with van der Waals surface area (Å²) in [5, 5.41) is 5.88. The summed E-state index contributed by atoms with van der Waals surface area (Å²) >= 11 is 0. The van der Waals surface area contributed by atoms with E-state index in [0.29, 0.717) is 56.4 Å². The summed E-state index contributed by atoms with van der Waals surface area (Å²) < 4.78 is 0. The van der Waals surface area contributed by atoms with E-state index in [9.17, 15) is 14.4 Å². The van der Waals surface area contributed by atoms with Crippen LogP contribution in [0.4, 0.5) is 0 Å². The van der Waals surface area contributed by atoms with Gasteiger partial charge in [-0.1, -0.05) is 20.8 Å². The second-order valence-electron chi connectivity index (χ2n) is 7.73. The van der Waals surface area contributed by atoms with Crippen LogP contribution < -0.4 is 10.6 Å². The first kappa shape index (κ1) is 21.7. The van der Waals surface area contributed by atoms with E-state index in [1.54, 1.807) is 0 Å². The number of ketones is 1. The van der Waals surface area contributed by atoms with Gasteiger partial charge in [-0.15, -0.1) is 0 Å². The molecule has 0 unspecified atom stereocenters. The summed E-state index contributed by atoms with van der Waals surface area (Å²) in [6.07, 6.45) is 7.00. The summed E-state index contributed by atoms with van der Waals surface area (Å²) in [4.78, 5) is 35.3. The Morgan fingerprint density at radius 2 is 1.56 bits per heavy atom. The average molecular weight is 353 g/mol. The van der Waals surface area contributed by atoms with E-state index in [4.69, 9.17) is 0 Å². The summed E-state index contributed by atoms with van der Waals surface area (Å²) in [5.41, 5.74) is 0.